The van der Waals surface area contributed by atoms with Gasteiger partial charge in [-0.2, -0.15) is 0 Å². The van der Waals surface area contributed by atoms with Crippen molar-refractivity contribution in [1.82, 2.24) is 10.2 Å². The molecule has 9 nitrogen and oxygen atoms in total. The molecule has 35 heavy (non-hydrogen) atoms. The summed E-state index contributed by atoms with van der Waals surface area (Å²) in [7, 11) is 3.21. The van der Waals surface area contributed by atoms with Crippen LogP contribution in [0.2, 0.25) is 0 Å². The molecule has 0 aromatic heterocycles. The number of anilines is 1. The van der Waals surface area contributed by atoms with Crippen LogP contribution in [0.15, 0.2) is 54.6 Å². The van der Waals surface area contributed by atoms with E-state index in [1.54, 1.807) is 38.4 Å². The molecule has 0 aliphatic carbocycles. The van der Waals surface area contributed by atoms with Crippen molar-refractivity contribution in [3.63, 3.8) is 0 Å². The number of hydrogen-bond acceptors (Lipinski definition) is 6. The lowest BCUT2D eigenvalue weighted by Gasteiger charge is -2.20. The Morgan fingerprint density at radius 2 is 1.43 bits per heavy atom. The molecule has 0 radical (unpaired) electrons. The van der Waals surface area contributed by atoms with E-state index in [1.165, 1.54) is 18.7 Å². The highest BCUT2D eigenvalue weighted by Crippen LogP contribution is 2.11. The van der Waals surface area contributed by atoms with E-state index in [4.69, 9.17) is 10.2 Å². The van der Waals surface area contributed by atoms with Crippen molar-refractivity contribution in [2.75, 3.05) is 26.0 Å². The average Bonchev–Trinajstić information content (AvgIpc) is 2.83. The monoisotopic (exact) mass is 483 g/mol. The molecule has 188 valence electrons. The maximum atomic E-state index is 12.1. The van der Waals surface area contributed by atoms with Crippen LogP contribution < -0.4 is 10.6 Å². The first-order valence-electron chi connectivity index (χ1n) is 11.0. The second kappa shape index (κ2) is 15.2. The van der Waals surface area contributed by atoms with Crippen LogP contribution >= 0.6 is 0 Å². The quantitative estimate of drug-likeness (QED) is 0.368. The van der Waals surface area contributed by atoms with Crippen LogP contribution in [0.4, 0.5) is 5.69 Å². The molecule has 0 saturated carbocycles. The largest absolute Gasteiger partial charge is 0.391 e. The van der Waals surface area contributed by atoms with Gasteiger partial charge in [0, 0.05) is 37.3 Å². The molecule has 2 rings (SSSR count). The van der Waals surface area contributed by atoms with Crippen molar-refractivity contribution in [2.45, 2.75) is 38.5 Å². The molecule has 3 amide bonds. The van der Waals surface area contributed by atoms with Crippen molar-refractivity contribution in [3.05, 3.63) is 65.7 Å². The highest BCUT2D eigenvalue weighted by atomic mass is 16.3. The van der Waals surface area contributed by atoms with Gasteiger partial charge >= 0.3 is 0 Å². The summed E-state index contributed by atoms with van der Waals surface area (Å²) in [5, 5.41) is 32.2. The van der Waals surface area contributed by atoms with Crippen LogP contribution in [0.1, 0.15) is 31.4 Å². The highest BCUT2D eigenvalue weighted by Gasteiger charge is 2.20. The summed E-state index contributed by atoms with van der Waals surface area (Å²) in [5.74, 6) is 4.85. The SMILES string of the molecule is CC(O)C(=O)N(C)C.C[C@@H](O)[C@@H](CC(=O)Nc1ccc(C#Cc2ccccc2)cc1)NC(=O)CO. The van der Waals surface area contributed by atoms with Crippen molar-refractivity contribution < 1.29 is 29.7 Å². The molecule has 2 aromatic carbocycles. The summed E-state index contributed by atoms with van der Waals surface area (Å²) in [6, 6.07) is 15.9. The number of rotatable bonds is 7. The summed E-state index contributed by atoms with van der Waals surface area (Å²) in [5.41, 5.74) is 2.32. The van der Waals surface area contributed by atoms with Gasteiger partial charge in [-0.05, 0) is 50.2 Å². The molecule has 1 unspecified atom stereocenters. The van der Waals surface area contributed by atoms with Gasteiger partial charge in [-0.3, -0.25) is 14.4 Å². The first-order valence-corrected chi connectivity index (χ1v) is 11.0. The van der Waals surface area contributed by atoms with E-state index in [0.29, 0.717) is 5.69 Å². The van der Waals surface area contributed by atoms with Crippen LogP contribution in [0.5, 0.6) is 0 Å². The van der Waals surface area contributed by atoms with E-state index >= 15 is 0 Å². The Bertz CT molecular complexity index is 999. The third kappa shape index (κ3) is 11.8. The molecule has 0 heterocycles. The summed E-state index contributed by atoms with van der Waals surface area (Å²) < 4.78 is 0. The predicted octanol–water partition coefficient (Wildman–Crippen LogP) is 0.728. The smallest absolute Gasteiger partial charge is 0.250 e. The average molecular weight is 484 g/mol. The van der Waals surface area contributed by atoms with Gasteiger partial charge in [0.25, 0.3) is 5.91 Å². The van der Waals surface area contributed by atoms with Gasteiger partial charge in [-0.1, -0.05) is 30.0 Å². The molecule has 9 heteroatoms. The standard InChI is InChI=1S/C21H22N2O4.C5H11NO2/c1-15(25)19(23-21(27)14-24)13-20(26)22-18-11-9-17(10-12-18)8-7-16-5-3-2-4-6-16;1-4(7)5(8)6(2)3/h2-6,9-12,15,19,24-25H,13-14H2,1H3,(H,22,26)(H,23,27);4,7H,1-3H3/t15-,19-;/m1./s1. The molecule has 3 atom stereocenters. The van der Waals surface area contributed by atoms with Crippen molar-refractivity contribution in [2.24, 2.45) is 0 Å². The second-order valence-electron chi connectivity index (χ2n) is 7.93. The summed E-state index contributed by atoms with van der Waals surface area (Å²) >= 11 is 0. The summed E-state index contributed by atoms with van der Waals surface area (Å²) in [4.78, 5) is 35.3. The number of carbonyl (C=O) groups is 3. The minimum Gasteiger partial charge on any atom is -0.391 e. The molecule has 5 N–H and O–H groups in total. The number of nitrogens with zero attached hydrogens (tertiary/aromatic N) is 1. The van der Waals surface area contributed by atoms with E-state index in [0.717, 1.165) is 11.1 Å². The number of aliphatic hydroxyl groups excluding tert-OH is 3. The van der Waals surface area contributed by atoms with Gasteiger partial charge in [0.1, 0.15) is 12.7 Å². The van der Waals surface area contributed by atoms with E-state index < -0.39 is 30.8 Å². The van der Waals surface area contributed by atoms with Crippen molar-refractivity contribution in [3.8, 4) is 11.8 Å². The summed E-state index contributed by atoms with van der Waals surface area (Å²) in [6.45, 7) is 2.22. The minimum atomic E-state index is -0.929. The van der Waals surface area contributed by atoms with Gasteiger partial charge in [-0.15, -0.1) is 0 Å². The Kier molecular flexibility index (Phi) is 12.8. The minimum absolute atomic E-state index is 0.112. The van der Waals surface area contributed by atoms with Gasteiger partial charge in [0.05, 0.1) is 12.1 Å². The number of nitrogens with one attached hydrogen (secondary N) is 2. The van der Waals surface area contributed by atoms with Crippen LogP contribution in [-0.4, -0.2) is 76.9 Å². The van der Waals surface area contributed by atoms with Crippen LogP contribution in [0.25, 0.3) is 0 Å². The first kappa shape index (κ1) is 29.3. The van der Waals surface area contributed by atoms with Crippen LogP contribution in [0, 0.1) is 11.8 Å². The number of amides is 3. The molecule has 2 aromatic rings. The third-order valence-electron chi connectivity index (χ3n) is 4.57. The zero-order valence-electron chi connectivity index (χ0n) is 20.4. The second-order valence-corrected chi connectivity index (χ2v) is 7.93. The lowest BCUT2D eigenvalue weighted by Crippen LogP contribution is -2.45. The Hall–Kier alpha value is -3.71. The van der Waals surface area contributed by atoms with E-state index in [9.17, 15) is 19.5 Å². The first-order chi connectivity index (χ1) is 16.5. The van der Waals surface area contributed by atoms with Gasteiger partial charge in [0.15, 0.2) is 0 Å². The number of likely N-dealkylation sites (N-methyl/N-ethyl adjacent to an activating group) is 1. The third-order valence-corrected chi connectivity index (χ3v) is 4.57. The zero-order chi connectivity index (χ0) is 26.4. The molecule has 0 saturated heterocycles. The number of benzene rings is 2. The molecule has 0 aliphatic heterocycles. The number of aliphatic hydroxyl groups is 3. The Morgan fingerprint density at radius 3 is 1.86 bits per heavy atom. The Balaban J connectivity index is 0.000000658. The fourth-order valence-corrected chi connectivity index (χ4v) is 2.68. The molecule has 0 aliphatic rings. The lowest BCUT2D eigenvalue weighted by molar-refractivity contribution is -0.136. The van der Waals surface area contributed by atoms with Gasteiger partial charge < -0.3 is 30.9 Å². The van der Waals surface area contributed by atoms with E-state index in [2.05, 4.69) is 22.5 Å². The van der Waals surface area contributed by atoms with Crippen molar-refractivity contribution >= 4 is 23.4 Å². The maximum absolute atomic E-state index is 12.1. The zero-order valence-corrected chi connectivity index (χ0v) is 20.4. The number of hydrogen-bond donors (Lipinski definition) is 5. The molecular weight excluding hydrogens is 450 g/mol. The Morgan fingerprint density at radius 1 is 0.886 bits per heavy atom. The van der Waals surface area contributed by atoms with Crippen LogP contribution in [-0.2, 0) is 14.4 Å². The van der Waals surface area contributed by atoms with Gasteiger partial charge in [0.2, 0.25) is 11.8 Å². The van der Waals surface area contributed by atoms with Crippen LogP contribution in [0.3, 0.4) is 0 Å². The van der Waals surface area contributed by atoms with E-state index in [1.807, 2.05) is 30.3 Å². The molecular formula is C26H33N3O6. The molecule has 0 fully saturated rings. The maximum Gasteiger partial charge on any atom is 0.250 e. The fraction of sp³-hybridized carbons (Fsp3) is 0.346. The van der Waals surface area contributed by atoms with E-state index in [-0.39, 0.29) is 18.2 Å². The normalized spacial score (nSPS) is 12.4. The number of carbonyl (C=O) groups excluding carboxylic acids is 3. The fourth-order valence-electron chi connectivity index (χ4n) is 2.68. The predicted molar refractivity (Wildman–Crippen MR) is 133 cm³/mol. The summed E-state index contributed by atoms with van der Waals surface area (Å²) in [6.07, 6.45) is -1.91. The molecule has 0 spiro atoms. The Labute approximate surface area is 205 Å². The van der Waals surface area contributed by atoms with Gasteiger partial charge in [-0.25, -0.2) is 0 Å². The molecule has 0 bridgehead atoms. The lowest BCUT2D eigenvalue weighted by atomic mass is 10.1. The van der Waals surface area contributed by atoms with Crippen molar-refractivity contribution in [1.29, 1.82) is 0 Å². The highest BCUT2D eigenvalue weighted by molar-refractivity contribution is 5.91. The topological polar surface area (TPSA) is 139 Å².